The van der Waals surface area contributed by atoms with Gasteiger partial charge in [-0.1, -0.05) is 161 Å². The number of aliphatic hydroxyl groups is 11. The van der Waals surface area contributed by atoms with E-state index < -0.39 is 124 Å². The summed E-state index contributed by atoms with van der Waals surface area (Å²) in [6.45, 7) is 1.67. The van der Waals surface area contributed by atoms with Gasteiger partial charge in [0.25, 0.3) is 0 Å². The number of amides is 1. The number of allylic oxidation sites excluding steroid dienone is 2. The standard InChI is InChI=1S/C54H101NO18/c1-3-5-7-9-10-11-12-13-14-15-16-17-18-19-20-21-22-23-24-25-26-28-30-32-42(60)55-37(38(59)31-29-27-8-6-4-2)36-68-52-48(66)45(63)50(40(34-57)70-52)73-54-49(67)46(64)51(41(35-58)71-54)72-53-47(65)44(62)43(61)39(33-56)69-53/h15-16,37-41,43-54,56-59,61-67H,3-14,17-36H2,1-2H3,(H,55,60)/b16-15-. The lowest BCUT2D eigenvalue weighted by atomic mass is 9.96. The molecule has 19 nitrogen and oxygen atoms in total. The quantitative estimate of drug-likeness (QED) is 0.0306. The molecular weight excluding hydrogens is 951 g/mol. The fourth-order valence-corrected chi connectivity index (χ4v) is 9.84. The van der Waals surface area contributed by atoms with Crippen molar-refractivity contribution in [3.05, 3.63) is 12.2 Å². The molecule has 17 unspecified atom stereocenters. The minimum atomic E-state index is -1.97. The molecule has 0 aliphatic carbocycles. The van der Waals surface area contributed by atoms with E-state index in [4.69, 9.17) is 28.4 Å². The van der Waals surface area contributed by atoms with Crippen LogP contribution in [0, 0.1) is 0 Å². The fraction of sp³-hybridized carbons (Fsp3) is 0.944. The zero-order chi connectivity index (χ0) is 53.4. The highest BCUT2D eigenvalue weighted by Crippen LogP contribution is 2.33. The van der Waals surface area contributed by atoms with Crippen LogP contribution in [0.2, 0.25) is 0 Å². The van der Waals surface area contributed by atoms with Crippen molar-refractivity contribution in [2.45, 2.75) is 298 Å². The van der Waals surface area contributed by atoms with Crippen molar-refractivity contribution in [2.24, 2.45) is 0 Å². The third kappa shape index (κ3) is 24.0. The smallest absolute Gasteiger partial charge is 0.220 e. The van der Waals surface area contributed by atoms with Gasteiger partial charge in [-0.15, -0.1) is 0 Å². The van der Waals surface area contributed by atoms with E-state index in [0.717, 1.165) is 51.4 Å². The first kappa shape index (κ1) is 65.8. The number of hydrogen-bond donors (Lipinski definition) is 12. The second-order valence-corrected chi connectivity index (χ2v) is 20.8. The van der Waals surface area contributed by atoms with Crippen molar-refractivity contribution in [1.82, 2.24) is 5.32 Å². The molecule has 3 saturated heterocycles. The summed E-state index contributed by atoms with van der Waals surface area (Å²) in [5, 5.41) is 119. The molecule has 19 heteroatoms. The first-order valence-corrected chi connectivity index (χ1v) is 28.4. The van der Waals surface area contributed by atoms with Crippen LogP contribution < -0.4 is 5.32 Å². The molecule has 3 aliphatic rings. The number of aliphatic hydroxyl groups excluding tert-OH is 11. The molecular formula is C54H101NO18. The Hall–Kier alpha value is -1.47. The Morgan fingerprint density at radius 2 is 0.863 bits per heavy atom. The van der Waals surface area contributed by atoms with Gasteiger partial charge in [0.1, 0.15) is 73.2 Å². The maximum absolute atomic E-state index is 13.2. The molecule has 0 spiro atoms. The van der Waals surface area contributed by atoms with Crippen molar-refractivity contribution in [3.63, 3.8) is 0 Å². The number of hydrogen-bond acceptors (Lipinski definition) is 18. The Kier molecular flexibility index (Phi) is 35.1. The van der Waals surface area contributed by atoms with Gasteiger partial charge in [0.15, 0.2) is 18.9 Å². The van der Waals surface area contributed by atoms with Crippen LogP contribution in [0.1, 0.15) is 194 Å². The molecule has 3 heterocycles. The van der Waals surface area contributed by atoms with E-state index in [1.807, 2.05) is 0 Å². The Bertz CT molecular complexity index is 1400. The zero-order valence-electron chi connectivity index (χ0n) is 44.4. The highest BCUT2D eigenvalue weighted by atomic mass is 16.8. The maximum Gasteiger partial charge on any atom is 0.220 e. The average molecular weight is 1050 g/mol. The van der Waals surface area contributed by atoms with E-state index in [-0.39, 0.29) is 18.9 Å². The van der Waals surface area contributed by atoms with Gasteiger partial charge in [-0.25, -0.2) is 0 Å². The van der Waals surface area contributed by atoms with Crippen molar-refractivity contribution < 1.29 is 89.4 Å². The van der Waals surface area contributed by atoms with Crippen LogP contribution in [0.25, 0.3) is 0 Å². The molecule has 0 aromatic rings. The molecule has 17 atom stereocenters. The van der Waals surface area contributed by atoms with Gasteiger partial charge >= 0.3 is 0 Å². The van der Waals surface area contributed by atoms with E-state index in [9.17, 15) is 61.0 Å². The van der Waals surface area contributed by atoms with E-state index >= 15 is 0 Å². The van der Waals surface area contributed by atoms with Gasteiger partial charge in [-0.05, 0) is 38.5 Å². The summed E-state index contributed by atoms with van der Waals surface area (Å²) in [5.41, 5.74) is 0. The largest absolute Gasteiger partial charge is 0.394 e. The second kappa shape index (κ2) is 39.0. The third-order valence-electron chi connectivity index (χ3n) is 14.6. The van der Waals surface area contributed by atoms with Crippen molar-refractivity contribution in [1.29, 1.82) is 0 Å². The predicted molar refractivity (Wildman–Crippen MR) is 273 cm³/mol. The number of unbranched alkanes of at least 4 members (excludes halogenated alkanes) is 23. The van der Waals surface area contributed by atoms with Gasteiger partial charge < -0.3 is 89.9 Å². The number of nitrogens with one attached hydrogen (secondary N) is 1. The first-order chi connectivity index (χ1) is 35.3. The Morgan fingerprint density at radius 3 is 1.33 bits per heavy atom. The average Bonchev–Trinajstić information content (AvgIpc) is 3.38. The van der Waals surface area contributed by atoms with Crippen LogP contribution in [0.3, 0.4) is 0 Å². The molecule has 3 fully saturated rings. The van der Waals surface area contributed by atoms with Crippen LogP contribution in [0.4, 0.5) is 0 Å². The third-order valence-corrected chi connectivity index (χ3v) is 14.6. The zero-order valence-corrected chi connectivity index (χ0v) is 44.4. The van der Waals surface area contributed by atoms with Crippen LogP contribution in [0.15, 0.2) is 12.2 Å². The van der Waals surface area contributed by atoms with E-state index in [1.54, 1.807) is 0 Å². The summed E-state index contributed by atoms with van der Waals surface area (Å²) < 4.78 is 34.1. The van der Waals surface area contributed by atoms with Gasteiger partial charge in [0.2, 0.25) is 5.91 Å². The molecule has 0 aromatic heterocycles. The summed E-state index contributed by atoms with van der Waals surface area (Å²) in [7, 11) is 0. The van der Waals surface area contributed by atoms with Crippen molar-refractivity contribution in [2.75, 3.05) is 26.4 Å². The maximum atomic E-state index is 13.2. The monoisotopic (exact) mass is 1050 g/mol. The Labute approximate surface area is 436 Å². The highest BCUT2D eigenvalue weighted by molar-refractivity contribution is 5.76. The summed E-state index contributed by atoms with van der Waals surface area (Å²) in [4.78, 5) is 13.2. The fourth-order valence-electron chi connectivity index (χ4n) is 9.84. The Balaban J connectivity index is 1.40. The lowest BCUT2D eigenvalue weighted by Gasteiger charge is -2.48. The summed E-state index contributed by atoms with van der Waals surface area (Å²) in [6, 6.07) is -0.880. The molecule has 0 bridgehead atoms. The van der Waals surface area contributed by atoms with Crippen molar-refractivity contribution >= 4 is 5.91 Å². The lowest BCUT2D eigenvalue weighted by molar-refractivity contribution is -0.379. The first-order valence-electron chi connectivity index (χ1n) is 28.4. The summed E-state index contributed by atoms with van der Waals surface area (Å²) in [6.07, 6.45) is 9.58. The molecule has 0 saturated carbocycles. The van der Waals surface area contributed by atoms with Crippen molar-refractivity contribution in [3.8, 4) is 0 Å². The second-order valence-electron chi connectivity index (χ2n) is 20.8. The predicted octanol–water partition coefficient (Wildman–Crippen LogP) is 3.82. The lowest BCUT2D eigenvalue weighted by Crippen LogP contribution is -2.66. The molecule has 0 radical (unpaired) electrons. The molecule has 1 amide bonds. The number of carbonyl (C=O) groups excluding carboxylic acids is 1. The normalized spacial score (nSPS) is 31.8. The van der Waals surface area contributed by atoms with Crippen LogP contribution in [-0.4, -0.2) is 193 Å². The van der Waals surface area contributed by atoms with Crippen LogP contribution >= 0.6 is 0 Å². The topological polar surface area (TPSA) is 307 Å². The summed E-state index contributed by atoms with van der Waals surface area (Å²) >= 11 is 0. The van der Waals surface area contributed by atoms with Crippen LogP contribution in [-0.2, 0) is 33.2 Å². The van der Waals surface area contributed by atoms with Gasteiger partial charge in [0.05, 0.1) is 38.6 Å². The van der Waals surface area contributed by atoms with E-state index in [0.29, 0.717) is 12.8 Å². The van der Waals surface area contributed by atoms with Gasteiger partial charge in [-0.3, -0.25) is 4.79 Å². The summed E-state index contributed by atoms with van der Waals surface area (Å²) in [5.74, 6) is -0.250. The number of rotatable bonds is 41. The minimum absolute atomic E-state index is 0.250. The molecule has 0 aromatic carbocycles. The Morgan fingerprint density at radius 1 is 0.479 bits per heavy atom. The SMILES string of the molecule is CCCCCCCCCC/C=C\CCCCCCCCCCCCCC(=O)NC(COC1OC(CO)C(OC2OC(CO)C(OC3OC(CO)C(O)C(O)C3O)C(O)C2O)C(O)C1O)C(O)CCCCCCC. The number of carbonyl (C=O) groups is 1. The molecule has 3 aliphatic heterocycles. The molecule has 430 valence electrons. The van der Waals surface area contributed by atoms with Gasteiger partial charge in [0, 0.05) is 6.42 Å². The minimum Gasteiger partial charge on any atom is -0.394 e. The van der Waals surface area contributed by atoms with Crippen LogP contribution in [0.5, 0.6) is 0 Å². The molecule has 73 heavy (non-hydrogen) atoms. The number of ether oxygens (including phenoxy) is 6. The molecule has 12 N–H and O–H groups in total. The highest BCUT2D eigenvalue weighted by Gasteiger charge is 2.53. The van der Waals surface area contributed by atoms with E-state index in [2.05, 4.69) is 31.3 Å². The molecule has 3 rings (SSSR count). The van der Waals surface area contributed by atoms with E-state index in [1.165, 1.54) is 109 Å². The van der Waals surface area contributed by atoms with Gasteiger partial charge in [-0.2, -0.15) is 0 Å².